The Morgan fingerprint density at radius 1 is 1.42 bits per heavy atom. The lowest BCUT2D eigenvalue weighted by Crippen LogP contribution is -2.27. The number of rotatable bonds is 4. The first-order valence-electron chi connectivity index (χ1n) is 6.71. The molecule has 1 aliphatic carbocycles. The largest absolute Gasteiger partial charge is 0.466 e. The molecule has 3 nitrogen and oxygen atoms in total. The van der Waals surface area contributed by atoms with E-state index in [2.05, 4.69) is 18.2 Å². The molecule has 106 valence electrons. The highest BCUT2D eigenvalue weighted by Crippen LogP contribution is 2.22. The van der Waals surface area contributed by atoms with E-state index in [-0.39, 0.29) is 24.4 Å². The van der Waals surface area contributed by atoms with Crippen molar-refractivity contribution in [3.05, 3.63) is 34.9 Å². The molecule has 0 bridgehead atoms. The van der Waals surface area contributed by atoms with Crippen LogP contribution in [-0.2, 0) is 28.8 Å². The zero-order valence-electron chi connectivity index (χ0n) is 11.4. The molecule has 0 heterocycles. The van der Waals surface area contributed by atoms with E-state index in [1.807, 2.05) is 6.92 Å². The van der Waals surface area contributed by atoms with E-state index in [4.69, 9.17) is 10.5 Å². The predicted octanol–water partition coefficient (Wildman–Crippen LogP) is 2.42. The minimum atomic E-state index is -0.119. The molecule has 0 saturated carbocycles. The summed E-state index contributed by atoms with van der Waals surface area (Å²) in [7, 11) is 0. The van der Waals surface area contributed by atoms with Crippen LogP contribution in [0, 0.1) is 0 Å². The third-order valence-electron chi connectivity index (χ3n) is 3.46. The highest BCUT2D eigenvalue weighted by Gasteiger charge is 2.15. The quantitative estimate of drug-likeness (QED) is 0.864. The zero-order valence-corrected chi connectivity index (χ0v) is 12.2. The molecule has 1 aliphatic rings. The van der Waals surface area contributed by atoms with E-state index in [0.717, 1.165) is 25.7 Å². The van der Waals surface area contributed by atoms with Gasteiger partial charge in [-0.25, -0.2) is 0 Å². The summed E-state index contributed by atoms with van der Waals surface area (Å²) in [5, 5.41) is 0. The third-order valence-corrected chi connectivity index (χ3v) is 3.46. The summed E-state index contributed by atoms with van der Waals surface area (Å²) in [6, 6.07) is 6.79. The van der Waals surface area contributed by atoms with Crippen LogP contribution in [-0.4, -0.2) is 18.6 Å². The van der Waals surface area contributed by atoms with Gasteiger partial charge in [0.15, 0.2) is 0 Å². The zero-order chi connectivity index (χ0) is 13.0. The average molecular weight is 284 g/mol. The molecule has 4 heteroatoms. The molecule has 0 spiro atoms. The van der Waals surface area contributed by atoms with E-state index < -0.39 is 0 Å². The number of nitrogens with two attached hydrogens (primary N) is 1. The van der Waals surface area contributed by atoms with Gasteiger partial charge in [-0.1, -0.05) is 18.2 Å². The number of esters is 1. The van der Waals surface area contributed by atoms with Crippen LogP contribution in [0.4, 0.5) is 0 Å². The minimum absolute atomic E-state index is 0. The molecule has 0 radical (unpaired) electrons. The Balaban J connectivity index is 0.00000180. The van der Waals surface area contributed by atoms with Crippen molar-refractivity contribution in [2.75, 3.05) is 6.61 Å². The van der Waals surface area contributed by atoms with Gasteiger partial charge in [-0.05, 0) is 49.3 Å². The van der Waals surface area contributed by atoms with Crippen LogP contribution in [0.5, 0.6) is 0 Å². The van der Waals surface area contributed by atoms with Crippen LogP contribution >= 0.6 is 12.4 Å². The van der Waals surface area contributed by atoms with Gasteiger partial charge >= 0.3 is 5.97 Å². The van der Waals surface area contributed by atoms with E-state index in [0.29, 0.717) is 13.0 Å². The van der Waals surface area contributed by atoms with Gasteiger partial charge in [0.25, 0.3) is 0 Å². The number of halogens is 1. The number of ether oxygens (including phenoxy) is 1. The SMILES string of the molecule is CCOC(=O)CCc1ccc2c(c1)C[C@H](N)CC2.Cl. The molecule has 2 N–H and O–H groups in total. The second kappa shape index (κ2) is 7.51. The molecule has 0 unspecified atom stereocenters. The lowest BCUT2D eigenvalue weighted by molar-refractivity contribution is -0.143. The molecule has 0 aromatic heterocycles. The van der Waals surface area contributed by atoms with Gasteiger partial charge in [0.2, 0.25) is 0 Å². The van der Waals surface area contributed by atoms with Crippen molar-refractivity contribution in [2.24, 2.45) is 5.73 Å². The summed E-state index contributed by atoms with van der Waals surface area (Å²) in [6.45, 7) is 2.29. The molecule has 1 atom stereocenters. The van der Waals surface area contributed by atoms with E-state index in [1.54, 1.807) is 0 Å². The Hall–Kier alpha value is -1.06. The van der Waals surface area contributed by atoms with Crippen LogP contribution in [0.1, 0.15) is 36.5 Å². The van der Waals surface area contributed by atoms with Crippen LogP contribution in [0.2, 0.25) is 0 Å². The van der Waals surface area contributed by atoms with Crippen LogP contribution in [0.3, 0.4) is 0 Å². The van der Waals surface area contributed by atoms with Gasteiger partial charge in [0, 0.05) is 12.5 Å². The Bertz CT molecular complexity index is 434. The van der Waals surface area contributed by atoms with Gasteiger partial charge < -0.3 is 10.5 Å². The molecule has 0 aliphatic heterocycles. The van der Waals surface area contributed by atoms with Gasteiger partial charge in [-0.2, -0.15) is 0 Å². The molecular formula is C15H22ClNO2. The van der Waals surface area contributed by atoms with Crippen molar-refractivity contribution in [1.82, 2.24) is 0 Å². The number of hydrogen-bond acceptors (Lipinski definition) is 3. The van der Waals surface area contributed by atoms with E-state index in [9.17, 15) is 4.79 Å². The molecule has 1 aromatic carbocycles. The highest BCUT2D eigenvalue weighted by atomic mass is 35.5. The number of carbonyl (C=O) groups is 1. The van der Waals surface area contributed by atoms with E-state index in [1.165, 1.54) is 16.7 Å². The molecule has 1 aromatic rings. The Labute approximate surface area is 120 Å². The number of hydrogen-bond donors (Lipinski definition) is 1. The van der Waals surface area contributed by atoms with Crippen LogP contribution < -0.4 is 5.73 Å². The lowest BCUT2D eigenvalue weighted by atomic mass is 9.87. The fraction of sp³-hybridized carbons (Fsp3) is 0.533. The maximum atomic E-state index is 11.3. The fourth-order valence-electron chi connectivity index (χ4n) is 2.47. The first kappa shape index (κ1) is 16.0. The average Bonchev–Trinajstić information content (AvgIpc) is 2.36. The maximum absolute atomic E-state index is 11.3. The maximum Gasteiger partial charge on any atom is 0.306 e. The first-order valence-corrected chi connectivity index (χ1v) is 6.71. The summed E-state index contributed by atoms with van der Waals surface area (Å²) in [5.41, 5.74) is 9.96. The lowest BCUT2D eigenvalue weighted by Gasteiger charge is -2.22. The number of benzene rings is 1. The molecule has 2 rings (SSSR count). The normalized spacial score (nSPS) is 17.3. The second-order valence-electron chi connectivity index (χ2n) is 4.91. The fourth-order valence-corrected chi connectivity index (χ4v) is 2.47. The second-order valence-corrected chi connectivity index (χ2v) is 4.91. The minimum Gasteiger partial charge on any atom is -0.466 e. The molecule has 0 amide bonds. The number of aryl methyl sites for hydroxylation is 2. The van der Waals surface area contributed by atoms with E-state index >= 15 is 0 Å². The smallest absolute Gasteiger partial charge is 0.306 e. The third kappa shape index (κ3) is 4.51. The predicted molar refractivity (Wildman–Crippen MR) is 78.6 cm³/mol. The summed E-state index contributed by atoms with van der Waals surface area (Å²) in [5.74, 6) is -0.119. The summed E-state index contributed by atoms with van der Waals surface area (Å²) < 4.78 is 4.93. The van der Waals surface area contributed by atoms with Crippen molar-refractivity contribution in [3.8, 4) is 0 Å². The van der Waals surface area contributed by atoms with Gasteiger partial charge in [-0.15, -0.1) is 12.4 Å². The molecule has 0 saturated heterocycles. The summed E-state index contributed by atoms with van der Waals surface area (Å²) in [6.07, 6.45) is 4.33. The summed E-state index contributed by atoms with van der Waals surface area (Å²) in [4.78, 5) is 11.3. The van der Waals surface area contributed by atoms with Crippen molar-refractivity contribution in [1.29, 1.82) is 0 Å². The monoisotopic (exact) mass is 283 g/mol. The number of fused-ring (bicyclic) bond motifs is 1. The van der Waals surface area contributed by atoms with Gasteiger partial charge in [0.05, 0.1) is 6.61 Å². The van der Waals surface area contributed by atoms with Crippen molar-refractivity contribution >= 4 is 18.4 Å². The van der Waals surface area contributed by atoms with Crippen molar-refractivity contribution < 1.29 is 9.53 Å². The molecular weight excluding hydrogens is 262 g/mol. The summed E-state index contributed by atoms with van der Waals surface area (Å²) >= 11 is 0. The standard InChI is InChI=1S/C15H21NO2.ClH/c1-2-18-15(17)8-4-11-3-5-12-6-7-14(16)10-13(12)9-11;/h3,5,9,14H,2,4,6-8,10,16H2,1H3;1H/t14-;/m1./s1. The first-order chi connectivity index (χ1) is 8.69. The Morgan fingerprint density at radius 2 is 2.21 bits per heavy atom. The van der Waals surface area contributed by atoms with Gasteiger partial charge in [0.1, 0.15) is 0 Å². The van der Waals surface area contributed by atoms with Crippen LogP contribution in [0.25, 0.3) is 0 Å². The molecule has 19 heavy (non-hydrogen) atoms. The molecule has 0 fully saturated rings. The van der Waals surface area contributed by atoms with Gasteiger partial charge in [-0.3, -0.25) is 4.79 Å². The number of carbonyl (C=O) groups excluding carboxylic acids is 1. The van der Waals surface area contributed by atoms with Crippen LogP contribution in [0.15, 0.2) is 18.2 Å². The highest BCUT2D eigenvalue weighted by molar-refractivity contribution is 5.85. The van der Waals surface area contributed by atoms with Crippen molar-refractivity contribution in [3.63, 3.8) is 0 Å². The Kier molecular flexibility index (Phi) is 6.32. The Morgan fingerprint density at radius 3 is 2.95 bits per heavy atom. The van der Waals surface area contributed by atoms with Crippen molar-refractivity contribution in [2.45, 2.75) is 45.1 Å². The topological polar surface area (TPSA) is 52.3 Å².